The van der Waals surface area contributed by atoms with Crippen molar-refractivity contribution in [3.63, 3.8) is 0 Å². The summed E-state index contributed by atoms with van der Waals surface area (Å²) in [6, 6.07) is 1.61. The van der Waals surface area contributed by atoms with E-state index in [0.29, 0.717) is 10.5 Å². The van der Waals surface area contributed by atoms with Gasteiger partial charge in [-0.3, -0.25) is 0 Å². The maximum absolute atomic E-state index is 11.2. The van der Waals surface area contributed by atoms with E-state index in [1.54, 1.807) is 6.07 Å². The molecule has 72 valence electrons. The minimum absolute atomic E-state index is 0.0264. The number of nitrogen functional groups attached to an aromatic ring is 1. The van der Waals surface area contributed by atoms with Gasteiger partial charge in [0.1, 0.15) is 0 Å². The molecule has 0 aliphatic rings. The second-order valence-electron chi connectivity index (χ2n) is 2.76. The number of anilines is 2. The van der Waals surface area contributed by atoms with Crippen LogP contribution in [0.5, 0.6) is 0 Å². The summed E-state index contributed by atoms with van der Waals surface area (Å²) in [5, 5.41) is 14.2. The van der Waals surface area contributed by atoms with Crippen molar-refractivity contribution in [3.8, 4) is 0 Å². The zero-order chi connectivity index (χ0) is 9.68. The van der Waals surface area contributed by atoms with Gasteiger partial charge in [0, 0.05) is 12.6 Å². The summed E-state index contributed by atoms with van der Waals surface area (Å²) in [6.45, 7) is 2.87. The van der Waals surface area contributed by atoms with E-state index >= 15 is 0 Å². The predicted octanol–water partition coefficient (Wildman–Crippen LogP) is 0.509. The monoisotopic (exact) mass is 182 g/mol. The van der Waals surface area contributed by atoms with Crippen molar-refractivity contribution in [1.29, 1.82) is 0 Å². The third-order valence-electron chi connectivity index (χ3n) is 1.70. The molecule has 0 fully saturated rings. The fourth-order valence-electron chi connectivity index (χ4n) is 0.952. The smallest absolute Gasteiger partial charge is 0.343 e. The molecule has 0 saturated heterocycles. The first-order chi connectivity index (χ1) is 6.25. The lowest BCUT2D eigenvalue weighted by Crippen LogP contribution is -2.35. The Labute approximate surface area is 77.2 Å². The number of hydrogen-bond donors (Lipinski definition) is 2. The van der Waals surface area contributed by atoms with Crippen molar-refractivity contribution in [2.24, 2.45) is 0 Å². The number of unbranched alkanes of at least 4 members (excludes halogenated alkanes) is 1. The summed E-state index contributed by atoms with van der Waals surface area (Å²) < 4.78 is 0.593. The fourth-order valence-corrected chi connectivity index (χ4v) is 0.952. The third kappa shape index (κ3) is 2.47. The van der Waals surface area contributed by atoms with Crippen LogP contribution in [0.1, 0.15) is 19.8 Å². The largest absolute Gasteiger partial charge is 0.754 e. The Bertz CT molecular complexity index is 277. The molecule has 5 nitrogen and oxygen atoms in total. The Hall–Kier alpha value is -1.52. The first kappa shape index (κ1) is 9.57. The predicted molar refractivity (Wildman–Crippen MR) is 51.0 cm³/mol. The van der Waals surface area contributed by atoms with Crippen LogP contribution in [0.15, 0.2) is 12.3 Å². The van der Waals surface area contributed by atoms with Crippen LogP contribution in [0, 0.1) is 5.21 Å². The highest BCUT2D eigenvalue weighted by molar-refractivity contribution is 5.29. The molecule has 1 aromatic heterocycles. The number of nitrogens with one attached hydrogen (secondary N) is 1. The second kappa shape index (κ2) is 4.49. The molecule has 1 heterocycles. The Kier molecular flexibility index (Phi) is 3.31. The minimum Gasteiger partial charge on any atom is -0.754 e. The number of aromatic nitrogens is 2. The maximum Gasteiger partial charge on any atom is 0.343 e. The van der Waals surface area contributed by atoms with E-state index in [2.05, 4.69) is 17.2 Å². The van der Waals surface area contributed by atoms with Crippen LogP contribution in [0.25, 0.3) is 0 Å². The van der Waals surface area contributed by atoms with Crippen molar-refractivity contribution < 1.29 is 4.73 Å². The van der Waals surface area contributed by atoms with Gasteiger partial charge in [0.15, 0.2) is 5.82 Å². The van der Waals surface area contributed by atoms with E-state index in [1.165, 1.54) is 6.20 Å². The van der Waals surface area contributed by atoms with Gasteiger partial charge in [-0.15, -0.1) is 4.98 Å². The molecule has 0 bridgehead atoms. The molecule has 13 heavy (non-hydrogen) atoms. The van der Waals surface area contributed by atoms with Gasteiger partial charge in [-0.1, -0.05) is 13.3 Å². The van der Waals surface area contributed by atoms with Crippen LogP contribution in [0.2, 0.25) is 0 Å². The maximum atomic E-state index is 11.2. The Morgan fingerprint density at radius 3 is 3.15 bits per heavy atom. The number of hydrogen-bond acceptors (Lipinski definition) is 4. The average Bonchev–Trinajstić information content (AvgIpc) is 2.13. The zero-order valence-electron chi connectivity index (χ0n) is 7.66. The number of nitrogens with zero attached hydrogens (tertiary/aromatic N) is 2. The van der Waals surface area contributed by atoms with Crippen LogP contribution in [-0.2, 0) is 0 Å². The molecule has 0 radical (unpaired) electrons. The highest BCUT2D eigenvalue weighted by Crippen LogP contribution is 2.00. The lowest BCUT2D eigenvalue weighted by molar-refractivity contribution is -0.577. The van der Waals surface area contributed by atoms with Crippen LogP contribution in [0.3, 0.4) is 0 Å². The van der Waals surface area contributed by atoms with Crippen LogP contribution in [-0.4, -0.2) is 11.5 Å². The summed E-state index contributed by atoms with van der Waals surface area (Å²) in [4.78, 5) is 3.66. The van der Waals surface area contributed by atoms with Crippen LogP contribution < -0.4 is 15.8 Å². The van der Waals surface area contributed by atoms with E-state index in [1.807, 2.05) is 0 Å². The standard InChI is InChI=1S/C8H14N4O/c1-2-3-5-10-7-4-6-11-8(9)12(7)13/h4,6,10H,2-3,5H2,1H3,(H2,9,11). The normalized spacial score (nSPS) is 9.92. The summed E-state index contributed by atoms with van der Waals surface area (Å²) in [5.74, 6) is 0.433. The highest BCUT2D eigenvalue weighted by atomic mass is 16.5. The van der Waals surface area contributed by atoms with Gasteiger partial charge in [-0.2, -0.15) is 0 Å². The molecular formula is C8H14N4O. The molecule has 3 N–H and O–H groups in total. The molecule has 0 spiro atoms. The Morgan fingerprint density at radius 2 is 2.46 bits per heavy atom. The van der Waals surface area contributed by atoms with E-state index in [9.17, 15) is 5.21 Å². The first-order valence-electron chi connectivity index (χ1n) is 4.33. The summed E-state index contributed by atoms with van der Waals surface area (Å²) in [6.07, 6.45) is 3.63. The van der Waals surface area contributed by atoms with Gasteiger partial charge >= 0.3 is 5.95 Å². The Morgan fingerprint density at radius 1 is 1.69 bits per heavy atom. The Balaban J connectivity index is 2.61. The lowest BCUT2D eigenvalue weighted by atomic mass is 10.3. The number of nitrogens with two attached hydrogens (primary N) is 1. The van der Waals surface area contributed by atoms with Gasteiger partial charge in [0.2, 0.25) is 0 Å². The molecular weight excluding hydrogens is 168 g/mol. The van der Waals surface area contributed by atoms with E-state index in [0.717, 1.165) is 19.4 Å². The molecule has 1 aromatic rings. The molecule has 0 atom stereocenters. The van der Waals surface area contributed by atoms with Crippen molar-refractivity contribution >= 4 is 11.8 Å². The fraction of sp³-hybridized carbons (Fsp3) is 0.500. The van der Waals surface area contributed by atoms with E-state index in [-0.39, 0.29) is 5.95 Å². The SMILES string of the molecule is CCCCNc1ccnc(N)[n+]1[O-]. The topological polar surface area (TPSA) is 77.9 Å². The van der Waals surface area contributed by atoms with Gasteiger partial charge < -0.3 is 16.3 Å². The average molecular weight is 182 g/mol. The number of rotatable bonds is 4. The molecule has 0 amide bonds. The summed E-state index contributed by atoms with van der Waals surface area (Å²) >= 11 is 0. The lowest BCUT2D eigenvalue weighted by Gasteiger charge is -2.12. The van der Waals surface area contributed by atoms with Gasteiger partial charge in [0.25, 0.3) is 0 Å². The van der Waals surface area contributed by atoms with Crippen molar-refractivity contribution in [3.05, 3.63) is 17.5 Å². The third-order valence-corrected chi connectivity index (χ3v) is 1.70. The van der Waals surface area contributed by atoms with Gasteiger partial charge in [0.05, 0.1) is 6.20 Å². The molecule has 0 aromatic carbocycles. The first-order valence-corrected chi connectivity index (χ1v) is 4.33. The molecule has 0 aliphatic carbocycles. The second-order valence-corrected chi connectivity index (χ2v) is 2.76. The zero-order valence-corrected chi connectivity index (χ0v) is 7.66. The minimum atomic E-state index is -0.0264. The van der Waals surface area contributed by atoms with Gasteiger partial charge in [-0.05, 0) is 6.42 Å². The summed E-state index contributed by atoms with van der Waals surface area (Å²) in [7, 11) is 0. The quantitative estimate of drug-likeness (QED) is 0.404. The van der Waals surface area contributed by atoms with Gasteiger partial charge in [-0.25, -0.2) is 4.73 Å². The van der Waals surface area contributed by atoms with Crippen molar-refractivity contribution in [1.82, 2.24) is 4.98 Å². The van der Waals surface area contributed by atoms with Crippen molar-refractivity contribution in [2.45, 2.75) is 19.8 Å². The van der Waals surface area contributed by atoms with Crippen LogP contribution in [0.4, 0.5) is 11.8 Å². The van der Waals surface area contributed by atoms with E-state index < -0.39 is 0 Å². The molecule has 0 saturated carbocycles. The molecule has 1 rings (SSSR count). The van der Waals surface area contributed by atoms with Crippen molar-refractivity contribution in [2.75, 3.05) is 17.6 Å². The van der Waals surface area contributed by atoms with E-state index in [4.69, 9.17) is 5.73 Å². The molecule has 0 unspecified atom stereocenters. The molecule has 0 aliphatic heterocycles. The van der Waals surface area contributed by atoms with Crippen LogP contribution >= 0.6 is 0 Å². The summed E-state index contributed by atoms with van der Waals surface area (Å²) in [5.41, 5.74) is 5.32. The highest BCUT2D eigenvalue weighted by Gasteiger charge is 2.02. The molecule has 5 heteroatoms.